The van der Waals surface area contributed by atoms with Crippen LogP contribution < -0.4 is 0 Å². The SMILES string of the molecule is S=c1ccc2ccccc2o1.S=c1ccc2ccccc2o1. The van der Waals surface area contributed by atoms with Gasteiger partial charge in [-0.3, -0.25) is 0 Å². The molecule has 0 aliphatic heterocycles. The van der Waals surface area contributed by atoms with Crippen LogP contribution in [0.4, 0.5) is 0 Å². The first-order valence-electron chi connectivity index (χ1n) is 6.70. The summed E-state index contributed by atoms with van der Waals surface area (Å²) in [7, 11) is 0. The quantitative estimate of drug-likeness (QED) is 0.353. The Labute approximate surface area is 137 Å². The van der Waals surface area contributed by atoms with Crippen LogP contribution in [0.25, 0.3) is 21.9 Å². The van der Waals surface area contributed by atoms with Gasteiger partial charge in [-0.2, -0.15) is 0 Å². The van der Waals surface area contributed by atoms with E-state index < -0.39 is 0 Å². The smallest absolute Gasteiger partial charge is 0.190 e. The van der Waals surface area contributed by atoms with Crippen molar-refractivity contribution < 1.29 is 8.83 Å². The van der Waals surface area contributed by atoms with Gasteiger partial charge in [-0.25, -0.2) is 0 Å². The average Bonchev–Trinajstić information content (AvgIpc) is 2.55. The summed E-state index contributed by atoms with van der Waals surface area (Å²) in [5, 5.41) is 2.17. The predicted octanol–water partition coefficient (Wildman–Crippen LogP) is 6.32. The van der Waals surface area contributed by atoms with E-state index >= 15 is 0 Å². The summed E-state index contributed by atoms with van der Waals surface area (Å²) >= 11 is 9.75. The summed E-state index contributed by atoms with van der Waals surface area (Å²) in [6.07, 6.45) is 0. The van der Waals surface area contributed by atoms with E-state index in [-0.39, 0.29) is 0 Å². The second kappa shape index (κ2) is 6.64. The van der Waals surface area contributed by atoms with Gasteiger partial charge in [0.15, 0.2) is 9.41 Å². The standard InChI is InChI=1S/2C9H6OS/c2*11-9-6-5-7-3-1-2-4-8(7)10-9/h2*1-6H. The fourth-order valence-corrected chi connectivity index (χ4v) is 2.34. The molecule has 0 unspecified atom stereocenters. The van der Waals surface area contributed by atoms with E-state index in [4.69, 9.17) is 33.3 Å². The maximum Gasteiger partial charge on any atom is 0.190 e. The predicted molar refractivity (Wildman–Crippen MR) is 94.1 cm³/mol. The van der Waals surface area contributed by atoms with Crippen LogP contribution in [0.1, 0.15) is 0 Å². The van der Waals surface area contributed by atoms with Crippen LogP contribution in [-0.2, 0) is 0 Å². The molecule has 108 valence electrons. The van der Waals surface area contributed by atoms with Gasteiger partial charge in [-0.05, 0) is 60.8 Å². The topological polar surface area (TPSA) is 26.3 Å². The van der Waals surface area contributed by atoms with Crippen molar-refractivity contribution in [2.24, 2.45) is 0 Å². The van der Waals surface area contributed by atoms with Crippen LogP contribution in [0.15, 0.2) is 81.6 Å². The Morgan fingerprint density at radius 2 is 0.909 bits per heavy atom. The molecule has 2 heterocycles. The zero-order valence-electron chi connectivity index (χ0n) is 11.6. The summed E-state index contributed by atoms with van der Waals surface area (Å²) in [6.45, 7) is 0. The molecule has 4 aromatic rings. The molecular formula is C18H12O2S2. The molecule has 0 aliphatic rings. The third-order valence-electron chi connectivity index (χ3n) is 3.06. The van der Waals surface area contributed by atoms with Crippen LogP contribution in [0, 0.1) is 9.41 Å². The Hall–Kier alpha value is -2.30. The molecule has 0 saturated heterocycles. The molecule has 4 rings (SSSR count). The summed E-state index contributed by atoms with van der Waals surface area (Å²) in [6, 6.07) is 23.1. The summed E-state index contributed by atoms with van der Waals surface area (Å²) < 4.78 is 11.6. The first kappa shape index (κ1) is 14.6. The molecule has 0 N–H and O–H groups in total. The molecule has 22 heavy (non-hydrogen) atoms. The molecule has 0 saturated carbocycles. The van der Waals surface area contributed by atoms with Crippen molar-refractivity contribution in [3.8, 4) is 0 Å². The summed E-state index contributed by atoms with van der Waals surface area (Å²) in [5.41, 5.74) is 1.69. The van der Waals surface area contributed by atoms with Crippen molar-refractivity contribution in [3.63, 3.8) is 0 Å². The zero-order valence-corrected chi connectivity index (χ0v) is 13.2. The van der Waals surface area contributed by atoms with Crippen LogP contribution in [0.3, 0.4) is 0 Å². The Bertz CT molecular complexity index is 946. The van der Waals surface area contributed by atoms with Crippen LogP contribution in [0.5, 0.6) is 0 Å². The largest absolute Gasteiger partial charge is 0.445 e. The lowest BCUT2D eigenvalue weighted by Crippen LogP contribution is -1.69. The number of hydrogen-bond donors (Lipinski definition) is 0. The van der Waals surface area contributed by atoms with Crippen molar-refractivity contribution in [1.82, 2.24) is 0 Å². The average molecular weight is 324 g/mol. The van der Waals surface area contributed by atoms with Crippen LogP contribution in [0.2, 0.25) is 0 Å². The van der Waals surface area contributed by atoms with Crippen molar-refractivity contribution in [2.75, 3.05) is 0 Å². The lowest BCUT2D eigenvalue weighted by Gasteiger charge is -1.92. The molecule has 2 nitrogen and oxygen atoms in total. The number of para-hydroxylation sites is 2. The van der Waals surface area contributed by atoms with Crippen molar-refractivity contribution in [3.05, 3.63) is 82.2 Å². The minimum Gasteiger partial charge on any atom is -0.445 e. The summed E-state index contributed by atoms with van der Waals surface area (Å²) in [4.78, 5) is 0. The van der Waals surface area contributed by atoms with E-state index in [0.717, 1.165) is 21.9 Å². The van der Waals surface area contributed by atoms with Gasteiger partial charge in [0, 0.05) is 10.8 Å². The minimum atomic E-state index is 0.531. The minimum absolute atomic E-state index is 0.531. The lowest BCUT2D eigenvalue weighted by molar-refractivity contribution is 0.586. The fraction of sp³-hybridized carbons (Fsp3) is 0. The Morgan fingerprint density at radius 1 is 0.500 bits per heavy atom. The van der Waals surface area contributed by atoms with Crippen molar-refractivity contribution >= 4 is 46.4 Å². The first-order chi connectivity index (χ1) is 10.7. The van der Waals surface area contributed by atoms with Gasteiger partial charge >= 0.3 is 0 Å². The maximum atomic E-state index is 5.28. The molecule has 0 fully saturated rings. The molecule has 0 radical (unpaired) electrons. The van der Waals surface area contributed by atoms with E-state index in [1.54, 1.807) is 12.1 Å². The zero-order chi connectivity index (χ0) is 15.4. The third-order valence-corrected chi connectivity index (χ3v) is 3.50. The van der Waals surface area contributed by atoms with E-state index in [1.807, 2.05) is 60.7 Å². The second-order valence-electron chi connectivity index (χ2n) is 4.58. The normalized spacial score (nSPS) is 10.2. The Morgan fingerprint density at radius 3 is 1.36 bits per heavy atom. The second-order valence-corrected chi connectivity index (χ2v) is 5.39. The number of fused-ring (bicyclic) bond motifs is 2. The maximum absolute atomic E-state index is 5.28. The Balaban J connectivity index is 0.000000131. The van der Waals surface area contributed by atoms with Gasteiger partial charge < -0.3 is 8.83 Å². The number of rotatable bonds is 0. The highest BCUT2D eigenvalue weighted by molar-refractivity contribution is 7.71. The van der Waals surface area contributed by atoms with E-state index in [9.17, 15) is 0 Å². The molecule has 2 aromatic carbocycles. The Kier molecular flexibility index (Phi) is 4.42. The van der Waals surface area contributed by atoms with Crippen LogP contribution >= 0.6 is 24.4 Å². The molecule has 0 amide bonds. The third kappa shape index (κ3) is 3.47. The lowest BCUT2D eigenvalue weighted by atomic mass is 10.2. The van der Waals surface area contributed by atoms with Gasteiger partial charge in [0.2, 0.25) is 0 Å². The van der Waals surface area contributed by atoms with E-state index in [1.165, 1.54) is 0 Å². The molecular weight excluding hydrogens is 312 g/mol. The monoisotopic (exact) mass is 324 g/mol. The first-order valence-corrected chi connectivity index (χ1v) is 7.52. The molecule has 4 heteroatoms. The molecule has 0 bridgehead atoms. The molecule has 0 aliphatic carbocycles. The van der Waals surface area contributed by atoms with Crippen molar-refractivity contribution in [2.45, 2.75) is 0 Å². The molecule has 0 atom stereocenters. The van der Waals surface area contributed by atoms with Gasteiger partial charge in [0.1, 0.15) is 11.2 Å². The molecule has 2 aromatic heterocycles. The highest BCUT2D eigenvalue weighted by atomic mass is 32.1. The number of benzene rings is 2. The van der Waals surface area contributed by atoms with Gasteiger partial charge in [0.05, 0.1) is 0 Å². The molecule has 0 spiro atoms. The van der Waals surface area contributed by atoms with E-state index in [0.29, 0.717) is 9.41 Å². The highest BCUT2D eigenvalue weighted by Crippen LogP contribution is 2.13. The van der Waals surface area contributed by atoms with E-state index in [2.05, 4.69) is 0 Å². The fourth-order valence-electron chi connectivity index (χ4n) is 2.02. The van der Waals surface area contributed by atoms with Crippen LogP contribution in [-0.4, -0.2) is 0 Å². The van der Waals surface area contributed by atoms with Crippen molar-refractivity contribution in [1.29, 1.82) is 0 Å². The highest BCUT2D eigenvalue weighted by Gasteiger charge is 1.91. The number of hydrogen-bond acceptors (Lipinski definition) is 4. The van der Waals surface area contributed by atoms with Gasteiger partial charge in [0.25, 0.3) is 0 Å². The van der Waals surface area contributed by atoms with Gasteiger partial charge in [-0.15, -0.1) is 0 Å². The summed E-state index contributed by atoms with van der Waals surface area (Å²) in [5.74, 6) is 0. The van der Waals surface area contributed by atoms with Gasteiger partial charge in [-0.1, -0.05) is 36.4 Å².